The average Bonchev–Trinajstić information content (AvgIpc) is 2.73. The Morgan fingerprint density at radius 1 is 1.27 bits per heavy atom. The van der Waals surface area contributed by atoms with Crippen molar-refractivity contribution in [2.24, 2.45) is 5.92 Å². The summed E-state index contributed by atoms with van der Waals surface area (Å²) in [5.74, 6) is 1.16. The van der Waals surface area contributed by atoms with E-state index in [0.29, 0.717) is 41.4 Å². The number of anilines is 1. The Bertz CT molecular complexity index is 877. The Kier molecular flexibility index (Phi) is 7.20. The fourth-order valence-corrected chi connectivity index (χ4v) is 4.04. The van der Waals surface area contributed by atoms with E-state index >= 15 is 0 Å². The molecule has 2 aromatic rings. The highest BCUT2D eigenvalue weighted by atomic mass is 35.5. The minimum atomic E-state index is -0.578. The third-order valence-electron chi connectivity index (χ3n) is 5.49. The summed E-state index contributed by atoms with van der Waals surface area (Å²) in [7, 11) is 0. The molecule has 0 bridgehead atoms. The van der Waals surface area contributed by atoms with Crippen molar-refractivity contribution in [1.82, 2.24) is 25.2 Å². The number of carbonyl (C=O) groups is 2. The van der Waals surface area contributed by atoms with Crippen molar-refractivity contribution >= 4 is 29.2 Å². The number of hydrogen-bond acceptors (Lipinski definition) is 6. The van der Waals surface area contributed by atoms with E-state index in [0.717, 1.165) is 31.2 Å². The molecule has 3 heterocycles. The number of nitrogen functional groups attached to an aromatic ring is 1. The standard InChI is InChI=1S/C21H27ClN6O2/c1-13(25-20(29)16-5-9-24-10-6-16)21(30)28-11-7-15(8-12-28)3-4-17-18(22)26-14(2)27-19(17)23/h5-6,9-10,13,15H,3-4,7-8,11-12H2,1-2H3,(H,25,29)(H2,23,26,27). The van der Waals surface area contributed by atoms with Gasteiger partial charge in [0.05, 0.1) is 0 Å². The summed E-state index contributed by atoms with van der Waals surface area (Å²) in [4.78, 5) is 39.1. The zero-order valence-electron chi connectivity index (χ0n) is 17.3. The number of amides is 2. The smallest absolute Gasteiger partial charge is 0.252 e. The molecule has 1 fully saturated rings. The number of hydrogen-bond donors (Lipinski definition) is 2. The molecular formula is C21H27ClN6O2. The molecule has 0 radical (unpaired) electrons. The van der Waals surface area contributed by atoms with Gasteiger partial charge in [-0.2, -0.15) is 0 Å². The van der Waals surface area contributed by atoms with Crippen LogP contribution in [0.4, 0.5) is 5.82 Å². The highest BCUT2D eigenvalue weighted by Gasteiger charge is 2.27. The lowest BCUT2D eigenvalue weighted by atomic mass is 9.90. The molecular weight excluding hydrogens is 404 g/mol. The molecule has 3 N–H and O–H groups in total. The monoisotopic (exact) mass is 430 g/mol. The second-order valence-corrected chi connectivity index (χ2v) is 8.02. The van der Waals surface area contributed by atoms with E-state index in [1.807, 2.05) is 4.90 Å². The molecule has 1 aliphatic heterocycles. The molecule has 1 saturated heterocycles. The maximum Gasteiger partial charge on any atom is 0.252 e. The summed E-state index contributed by atoms with van der Waals surface area (Å²) in [6, 6.07) is 2.66. The number of pyridine rings is 1. The Hall–Kier alpha value is -2.74. The van der Waals surface area contributed by atoms with Crippen molar-refractivity contribution in [3.63, 3.8) is 0 Å². The van der Waals surface area contributed by atoms with Crippen molar-refractivity contribution in [2.75, 3.05) is 18.8 Å². The first-order valence-corrected chi connectivity index (χ1v) is 10.5. The van der Waals surface area contributed by atoms with Crippen LogP contribution in [0.3, 0.4) is 0 Å². The number of halogens is 1. The van der Waals surface area contributed by atoms with Crippen LogP contribution < -0.4 is 11.1 Å². The Balaban J connectivity index is 1.47. The number of rotatable bonds is 6. The number of nitrogens with two attached hydrogens (primary N) is 1. The summed E-state index contributed by atoms with van der Waals surface area (Å²) in [6.45, 7) is 4.83. The van der Waals surface area contributed by atoms with E-state index < -0.39 is 6.04 Å². The van der Waals surface area contributed by atoms with Gasteiger partial charge in [-0.15, -0.1) is 0 Å². The maximum absolute atomic E-state index is 12.7. The van der Waals surface area contributed by atoms with Crippen LogP contribution in [0.5, 0.6) is 0 Å². The topological polar surface area (TPSA) is 114 Å². The SMILES string of the molecule is Cc1nc(N)c(CCC2CCN(C(=O)C(C)NC(=O)c3ccncc3)CC2)c(Cl)n1. The van der Waals surface area contributed by atoms with Crippen LogP contribution in [0, 0.1) is 12.8 Å². The number of likely N-dealkylation sites (tertiary alicyclic amines) is 1. The maximum atomic E-state index is 12.7. The second kappa shape index (κ2) is 9.84. The van der Waals surface area contributed by atoms with E-state index in [-0.39, 0.29) is 11.8 Å². The van der Waals surface area contributed by atoms with Crippen LogP contribution >= 0.6 is 11.6 Å². The first kappa shape index (κ1) is 22.0. The molecule has 160 valence electrons. The molecule has 0 aliphatic carbocycles. The van der Waals surface area contributed by atoms with E-state index in [2.05, 4.69) is 20.3 Å². The quantitative estimate of drug-likeness (QED) is 0.680. The van der Waals surface area contributed by atoms with E-state index in [4.69, 9.17) is 17.3 Å². The molecule has 2 aromatic heterocycles. The lowest BCUT2D eigenvalue weighted by Gasteiger charge is -2.33. The molecule has 1 aliphatic rings. The van der Waals surface area contributed by atoms with Crippen molar-refractivity contribution < 1.29 is 9.59 Å². The van der Waals surface area contributed by atoms with Gasteiger partial charge in [-0.3, -0.25) is 14.6 Å². The Labute approximate surface area is 181 Å². The highest BCUT2D eigenvalue weighted by molar-refractivity contribution is 6.30. The fraction of sp³-hybridized carbons (Fsp3) is 0.476. The van der Waals surface area contributed by atoms with E-state index in [1.54, 1.807) is 38.4 Å². The minimum absolute atomic E-state index is 0.0601. The minimum Gasteiger partial charge on any atom is -0.383 e. The average molecular weight is 431 g/mol. The molecule has 0 saturated carbocycles. The fourth-order valence-electron chi connectivity index (χ4n) is 3.72. The van der Waals surface area contributed by atoms with Gasteiger partial charge < -0.3 is 16.0 Å². The lowest BCUT2D eigenvalue weighted by molar-refractivity contribution is -0.134. The molecule has 0 aromatic carbocycles. The number of carbonyl (C=O) groups excluding carboxylic acids is 2. The number of piperidine rings is 1. The molecule has 1 atom stereocenters. The third kappa shape index (κ3) is 5.44. The van der Waals surface area contributed by atoms with Gasteiger partial charge in [-0.1, -0.05) is 11.6 Å². The first-order valence-electron chi connectivity index (χ1n) is 10.1. The summed E-state index contributed by atoms with van der Waals surface area (Å²) in [6.07, 6.45) is 6.56. The van der Waals surface area contributed by atoms with Crippen LogP contribution in [-0.4, -0.2) is 50.8 Å². The Morgan fingerprint density at radius 3 is 2.57 bits per heavy atom. The van der Waals surface area contributed by atoms with Crippen molar-refractivity contribution in [2.45, 2.75) is 45.6 Å². The number of nitrogens with zero attached hydrogens (tertiary/aromatic N) is 4. The van der Waals surface area contributed by atoms with Crippen molar-refractivity contribution in [1.29, 1.82) is 0 Å². The van der Waals surface area contributed by atoms with Crippen LogP contribution in [0.15, 0.2) is 24.5 Å². The molecule has 1 unspecified atom stereocenters. The predicted octanol–water partition coefficient (Wildman–Crippen LogP) is 2.41. The van der Waals surface area contributed by atoms with Crippen LogP contribution in [0.25, 0.3) is 0 Å². The van der Waals surface area contributed by atoms with Crippen LogP contribution in [-0.2, 0) is 11.2 Å². The number of nitrogens with one attached hydrogen (secondary N) is 1. The number of aryl methyl sites for hydroxylation is 1. The zero-order valence-corrected chi connectivity index (χ0v) is 18.0. The van der Waals surface area contributed by atoms with Gasteiger partial charge in [0.25, 0.3) is 5.91 Å². The first-order chi connectivity index (χ1) is 14.3. The molecule has 9 heteroatoms. The summed E-state index contributed by atoms with van der Waals surface area (Å²) < 4.78 is 0. The molecule has 3 rings (SSSR count). The van der Waals surface area contributed by atoms with Crippen molar-refractivity contribution in [3.8, 4) is 0 Å². The van der Waals surface area contributed by atoms with Gasteiger partial charge >= 0.3 is 0 Å². The molecule has 30 heavy (non-hydrogen) atoms. The normalized spacial score (nSPS) is 15.6. The van der Waals surface area contributed by atoms with Gasteiger partial charge in [0.15, 0.2) is 0 Å². The van der Waals surface area contributed by atoms with Crippen LogP contribution in [0.2, 0.25) is 5.15 Å². The van der Waals surface area contributed by atoms with Gasteiger partial charge in [0.2, 0.25) is 5.91 Å². The largest absolute Gasteiger partial charge is 0.383 e. The molecule has 8 nitrogen and oxygen atoms in total. The zero-order chi connectivity index (χ0) is 21.7. The van der Waals surface area contributed by atoms with Crippen molar-refractivity contribution in [3.05, 3.63) is 46.6 Å². The predicted molar refractivity (Wildman–Crippen MR) is 115 cm³/mol. The van der Waals surface area contributed by atoms with E-state index in [1.165, 1.54) is 0 Å². The molecule has 2 amide bonds. The second-order valence-electron chi connectivity index (χ2n) is 7.66. The Morgan fingerprint density at radius 2 is 1.93 bits per heavy atom. The van der Waals surface area contributed by atoms with Crippen LogP contribution in [0.1, 0.15) is 47.9 Å². The van der Waals surface area contributed by atoms with Gasteiger partial charge in [0, 0.05) is 36.6 Å². The third-order valence-corrected chi connectivity index (χ3v) is 5.80. The summed E-state index contributed by atoms with van der Waals surface area (Å²) in [5.41, 5.74) is 7.27. The summed E-state index contributed by atoms with van der Waals surface area (Å²) >= 11 is 6.22. The number of aromatic nitrogens is 3. The lowest BCUT2D eigenvalue weighted by Crippen LogP contribution is -2.49. The van der Waals surface area contributed by atoms with Gasteiger partial charge in [-0.05, 0) is 57.6 Å². The highest BCUT2D eigenvalue weighted by Crippen LogP contribution is 2.26. The van der Waals surface area contributed by atoms with E-state index in [9.17, 15) is 9.59 Å². The summed E-state index contributed by atoms with van der Waals surface area (Å²) in [5, 5.41) is 3.19. The van der Waals surface area contributed by atoms with Gasteiger partial charge in [-0.25, -0.2) is 9.97 Å². The molecule has 0 spiro atoms. The van der Waals surface area contributed by atoms with Gasteiger partial charge in [0.1, 0.15) is 22.8 Å².